The molecule has 0 aliphatic heterocycles. The summed E-state index contributed by atoms with van der Waals surface area (Å²) in [5, 5.41) is 3.12. The van der Waals surface area contributed by atoms with Gasteiger partial charge in [0.25, 0.3) is 5.91 Å². The molecule has 5 heteroatoms. The lowest BCUT2D eigenvalue weighted by atomic mass is 10.1. The molecule has 3 rings (SSSR count). The number of hydrogen-bond acceptors (Lipinski definition) is 3. The van der Waals surface area contributed by atoms with Gasteiger partial charge in [-0.25, -0.2) is 0 Å². The van der Waals surface area contributed by atoms with E-state index in [4.69, 9.17) is 4.74 Å². The van der Waals surface area contributed by atoms with Crippen LogP contribution in [-0.2, 0) is 16.0 Å². The van der Waals surface area contributed by atoms with Crippen LogP contribution in [0.15, 0.2) is 54.6 Å². The summed E-state index contributed by atoms with van der Waals surface area (Å²) in [6.07, 6.45) is 5.04. The second-order valence-corrected chi connectivity index (χ2v) is 8.09. The number of nitrogens with zero attached hydrogens (tertiary/aromatic N) is 1. The van der Waals surface area contributed by atoms with E-state index in [9.17, 15) is 9.59 Å². The smallest absolute Gasteiger partial charge is 0.261 e. The van der Waals surface area contributed by atoms with E-state index in [2.05, 4.69) is 5.32 Å². The van der Waals surface area contributed by atoms with E-state index in [-0.39, 0.29) is 24.5 Å². The first-order chi connectivity index (χ1) is 14.5. The Morgan fingerprint density at radius 2 is 1.73 bits per heavy atom. The van der Waals surface area contributed by atoms with Crippen molar-refractivity contribution < 1.29 is 14.3 Å². The Bertz CT molecular complexity index is 814. The molecular weight excluding hydrogens is 376 g/mol. The van der Waals surface area contributed by atoms with Gasteiger partial charge in [0.15, 0.2) is 6.61 Å². The minimum atomic E-state index is -0.538. The van der Waals surface area contributed by atoms with Crippen molar-refractivity contribution in [1.82, 2.24) is 10.2 Å². The Hall–Kier alpha value is -2.82. The predicted molar refractivity (Wildman–Crippen MR) is 118 cm³/mol. The number of hydrogen-bond donors (Lipinski definition) is 1. The number of aryl methyl sites for hydroxylation is 1. The Morgan fingerprint density at radius 3 is 2.40 bits per heavy atom. The van der Waals surface area contributed by atoms with Crippen LogP contribution >= 0.6 is 0 Å². The maximum absolute atomic E-state index is 13.0. The van der Waals surface area contributed by atoms with E-state index in [0.717, 1.165) is 36.8 Å². The van der Waals surface area contributed by atoms with Gasteiger partial charge in [-0.1, -0.05) is 60.9 Å². The maximum Gasteiger partial charge on any atom is 0.261 e. The van der Waals surface area contributed by atoms with Crippen LogP contribution in [0, 0.1) is 6.92 Å². The number of carbonyl (C=O) groups excluding carboxylic acids is 2. The highest BCUT2D eigenvalue weighted by Crippen LogP contribution is 2.18. The van der Waals surface area contributed by atoms with Crippen LogP contribution in [-0.4, -0.2) is 41.9 Å². The topological polar surface area (TPSA) is 58.6 Å². The SMILES string of the molecule is Cc1ccc(OCC(=O)N(CCc2ccccc2)[C@@H](C)C(=O)NC2CCCC2)cc1. The molecule has 0 saturated heterocycles. The first-order valence-corrected chi connectivity index (χ1v) is 10.9. The Morgan fingerprint density at radius 1 is 1.07 bits per heavy atom. The van der Waals surface area contributed by atoms with Crippen LogP contribution < -0.4 is 10.1 Å². The molecule has 160 valence electrons. The van der Waals surface area contributed by atoms with Crippen LogP contribution in [0.4, 0.5) is 0 Å². The fourth-order valence-corrected chi connectivity index (χ4v) is 3.82. The van der Waals surface area contributed by atoms with Crippen molar-refractivity contribution in [2.45, 2.75) is 58.0 Å². The standard InChI is InChI=1S/C25H32N2O3/c1-19-12-14-23(15-13-19)30-18-24(28)27(17-16-21-8-4-3-5-9-21)20(2)25(29)26-22-10-6-7-11-22/h3-5,8-9,12-15,20,22H,6-7,10-11,16-18H2,1-2H3,(H,26,29)/t20-/m0/s1. The van der Waals surface area contributed by atoms with E-state index >= 15 is 0 Å². The first-order valence-electron chi connectivity index (χ1n) is 10.9. The summed E-state index contributed by atoms with van der Waals surface area (Å²) < 4.78 is 5.70. The third kappa shape index (κ3) is 6.34. The Labute approximate surface area is 179 Å². The minimum absolute atomic E-state index is 0.0844. The highest BCUT2D eigenvalue weighted by molar-refractivity contribution is 5.88. The van der Waals surface area contributed by atoms with Gasteiger partial charge in [0.05, 0.1) is 0 Å². The zero-order chi connectivity index (χ0) is 21.3. The van der Waals surface area contributed by atoms with Crippen LogP contribution in [0.2, 0.25) is 0 Å². The van der Waals surface area contributed by atoms with E-state index in [0.29, 0.717) is 18.7 Å². The maximum atomic E-state index is 13.0. The minimum Gasteiger partial charge on any atom is -0.484 e. The van der Waals surface area contributed by atoms with Crippen molar-refractivity contribution >= 4 is 11.8 Å². The molecule has 30 heavy (non-hydrogen) atoms. The van der Waals surface area contributed by atoms with Gasteiger partial charge in [-0.05, 0) is 50.8 Å². The largest absolute Gasteiger partial charge is 0.484 e. The first kappa shape index (κ1) is 21.9. The lowest BCUT2D eigenvalue weighted by Crippen LogP contribution is -2.51. The van der Waals surface area contributed by atoms with Crippen molar-refractivity contribution in [1.29, 1.82) is 0 Å². The third-order valence-corrected chi connectivity index (χ3v) is 5.74. The van der Waals surface area contributed by atoms with Gasteiger partial charge in [-0.15, -0.1) is 0 Å². The average molecular weight is 409 g/mol. The van der Waals surface area contributed by atoms with E-state index in [1.807, 2.05) is 61.5 Å². The second-order valence-electron chi connectivity index (χ2n) is 8.09. The molecule has 5 nitrogen and oxygen atoms in total. The summed E-state index contributed by atoms with van der Waals surface area (Å²) >= 11 is 0. The van der Waals surface area contributed by atoms with Gasteiger partial charge in [0.2, 0.25) is 5.91 Å². The summed E-state index contributed by atoms with van der Waals surface area (Å²) in [4.78, 5) is 27.5. The molecule has 1 N–H and O–H groups in total. The number of carbonyl (C=O) groups is 2. The van der Waals surface area contributed by atoms with Gasteiger partial charge >= 0.3 is 0 Å². The average Bonchev–Trinajstić information content (AvgIpc) is 3.27. The molecule has 0 bridgehead atoms. The predicted octanol–water partition coefficient (Wildman–Crippen LogP) is 3.89. The molecular formula is C25H32N2O3. The van der Waals surface area contributed by atoms with Crippen LogP contribution in [0.3, 0.4) is 0 Å². The fourth-order valence-electron chi connectivity index (χ4n) is 3.82. The Kier molecular flexibility index (Phi) is 7.89. The molecule has 0 radical (unpaired) electrons. The highest BCUT2D eigenvalue weighted by Gasteiger charge is 2.28. The number of amides is 2. The van der Waals surface area contributed by atoms with Gasteiger partial charge in [0.1, 0.15) is 11.8 Å². The van der Waals surface area contributed by atoms with Crippen molar-refractivity contribution in [3.8, 4) is 5.75 Å². The summed E-state index contributed by atoms with van der Waals surface area (Å²) in [6, 6.07) is 17.3. The van der Waals surface area contributed by atoms with Crippen molar-refractivity contribution in [3.05, 3.63) is 65.7 Å². The lowest BCUT2D eigenvalue weighted by molar-refractivity contribution is -0.141. The Balaban J connectivity index is 1.64. The monoisotopic (exact) mass is 408 g/mol. The number of nitrogens with one attached hydrogen (secondary N) is 1. The number of benzene rings is 2. The molecule has 1 saturated carbocycles. The quantitative estimate of drug-likeness (QED) is 0.685. The highest BCUT2D eigenvalue weighted by atomic mass is 16.5. The van der Waals surface area contributed by atoms with Gasteiger partial charge in [-0.2, -0.15) is 0 Å². The molecule has 1 fully saturated rings. The molecule has 0 heterocycles. The van der Waals surface area contributed by atoms with Crippen molar-refractivity contribution in [3.63, 3.8) is 0 Å². The van der Waals surface area contributed by atoms with Crippen LogP contribution in [0.25, 0.3) is 0 Å². The van der Waals surface area contributed by atoms with Crippen LogP contribution in [0.1, 0.15) is 43.7 Å². The van der Waals surface area contributed by atoms with Gasteiger partial charge in [-0.3, -0.25) is 9.59 Å². The summed E-state index contributed by atoms with van der Waals surface area (Å²) in [5.41, 5.74) is 2.27. The van der Waals surface area contributed by atoms with Crippen molar-refractivity contribution in [2.24, 2.45) is 0 Å². The molecule has 2 amide bonds. The molecule has 1 aliphatic rings. The zero-order valence-electron chi connectivity index (χ0n) is 18.0. The zero-order valence-corrected chi connectivity index (χ0v) is 18.0. The van der Waals surface area contributed by atoms with E-state index < -0.39 is 6.04 Å². The number of ether oxygens (including phenoxy) is 1. The summed E-state index contributed by atoms with van der Waals surface area (Å²) in [5.74, 6) is 0.388. The molecule has 2 aromatic rings. The fraction of sp³-hybridized carbons (Fsp3) is 0.440. The van der Waals surface area contributed by atoms with E-state index in [1.54, 1.807) is 11.8 Å². The molecule has 0 aromatic heterocycles. The number of rotatable bonds is 9. The third-order valence-electron chi connectivity index (χ3n) is 5.74. The molecule has 2 aromatic carbocycles. The van der Waals surface area contributed by atoms with E-state index in [1.165, 1.54) is 0 Å². The normalized spacial score (nSPS) is 14.9. The molecule has 1 aliphatic carbocycles. The van der Waals surface area contributed by atoms with Crippen molar-refractivity contribution in [2.75, 3.05) is 13.2 Å². The summed E-state index contributed by atoms with van der Waals surface area (Å²) in [6.45, 7) is 4.20. The molecule has 0 unspecified atom stereocenters. The van der Waals surface area contributed by atoms with Gasteiger partial charge in [0, 0.05) is 12.6 Å². The van der Waals surface area contributed by atoms with Gasteiger partial charge < -0.3 is 15.0 Å². The van der Waals surface area contributed by atoms with Crippen LogP contribution in [0.5, 0.6) is 5.75 Å². The second kappa shape index (κ2) is 10.8. The molecule has 0 spiro atoms. The summed E-state index contributed by atoms with van der Waals surface area (Å²) in [7, 11) is 0. The molecule has 1 atom stereocenters. The lowest BCUT2D eigenvalue weighted by Gasteiger charge is -2.29.